The van der Waals surface area contributed by atoms with Crippen LogP contribution < -0.4 is 5.73 Å². The van der Waals surface area contributed by atoms with Gasteiger partial charge in [-0.25, -0.2) is 17.7 Å². The predicted molar refractivity (Wildman–Crippen MR) is 65.8 cm³/mol. The number of nitrogens with zero attached hydrogens (tertiary/aromatic N) is 2. The largest absolute Gasteiger partial charge is 0.384 e. The number of anilines is 1. The molecule has 94 valence electrons. The fraction of sp³-hybridized carbons (Fsp3) is 0.545. The fourth-order valence-electron chi connectivity index (χ4n) is 1.86. The lowest BCUT2D eigenvalue weighted by Crippen LogP contribution is -2.34. The molecule has 1 aliphatic carbocycles. The van der Waals surface area contributed by atoms with Crippen molar-refractivity contribution in [3.63, 3.8) is 0 Å². The van der Waals surface area contributed by atoms with E-state index in [4.69, 9.17) is 5.73 Å². The van der Waals surface area contributed by atoms with Gasteiger partial charge in [-0.3, -0.25) is 0 Å². The number of sulfonamides is 1. The van der Waals surface area contributed by atoms with Crippen LogP contribution in [0.1, 0.15) is 19.3 Å². The first kappa shape index (κ1) is 12.3. The Morgan fingerprint density at radius 2 is 2.18 bits per heavy atom. The Balaban J connectivity index is 2.13. The lowest BCUT2D eigenvalue weighted by atomic mass is 9.86. The van der Waals surface area contributed by atoms with Crippen LogP contribution in [0.15, 0.2) is 23.2 Å². The highest BCUT2D eigenvalue weighted by Crippen LogP contribution is 2.28. The van der Waals surface area contributed by atoms with Crippen molar-refractivity contribution >= 4 is 15.8 Å². The van der Waals surface area contributed by atoms with E-state index in [-0.39, 0.29) is 4.90 Å². The van der Waals surface area contributed by atoms with Gasteiger partial charge in [-0.1, -0.05) is 6.42 Å². The van der Waals surface area contributed by atoms with E-state index in [1.165, 1.54) is 29.1 Å². The summed E-state index contributed by atoms with van der Waals surface area (Å²) in [5, 5.41) is 0. The smallest absolute Gasteiger partial charge is 0.244 e. The highest BCUT2D eigenvalue weighted by Gasteiger charge is 2.26. The first-order chi connectivity index (χ1) is 8.00. The molecule has 17 heavy (non-hydrogen) atoms. The molecular formula is C11H17N3O2S. The van der Waals surface area contributed by atoms with E-state index in [1.54, 1.807) is 7.05 Å². The normalized spacial score (nSPS) is 17.1. The van der Waals surface area contributed by atoms with Crippen LogP contribution in [-0.4, -0.2) is 31.3 Å². The number of pyridine rings is 1. The summed E-state index contributed by atoms with van der Waals surface area (Å²) in [5.41, 5.74) is 5.44. The molecule has 0 aliphatic heterocycles. The molecule has 1 saturated carbocycles. The molecule has 5 nitrogen and oxygen atoms in total. The Bertz CT molecular complexity index is 480. The lowest BCUT2D eigenvalue weighted by molar-refractivity contribution is 0.263. The Labute approximate surface area is 102 Å². The lowest BCUT2D eigenvalue weighted by Gasteiger charge is -2.29. The number of hydrogen-bond donors (Lipinski definition) is 1. The van der Waals surface area contributed by atoms with Gasteiger partial charge in [0, 0.05) is 19.8 Å². The molecule has 0 amide bonds. The summed E-state index contributed by atoms with van der Waals surface area (Å²) in [7, 11) is -1.80. The third-order valence-electron chi connectivity index (χ3n) is 3.21. The zero-order valence-electron chi connectivity index (χ0n) is 9.83. The highest BCUT2D eigenvalue weighted by molar-refractivity contribution is 7.89. The SMILES string of the molecule is CN(CC1CCC1)S(=O)(=O)c1ccc(N)nc1. The number of nitrogen functional groups attached to an aromatic ring is 1. The average Bonchev–Trinajstić information content (AvgIpc) is 2.23. The molecule has 0 atom stereocenters. The molecule has 0 bridgehead atoms. The molecule has 0 aromatic carbocycles. The molecule has 6 heteroatoms. The Kier molecular flexibility index (Phi) is 3.35. The van der Waals surface area contributed by atoms with E-state index in [1.807, 2.05) is 0 Å². The number of nitrogens with two attached hydrogens (primary N) is 1. The summed E-state index contributed by atoms with van der Waals surface area (Å²) < 4.78 is 25.7. The van der Waals surface area contributed by atoms with Gasteiger partial charge in [0.15, 0.2) is 0 Å². The second kappa shape index (κ2) is 4.62. The maximum absolute atomic E-state index is 12.2. The highest BCUT2D eigenvalue weighted by atomic mass is 32.2. The van der Waals surface area contributed by atoms with Crippen LogP contribution in [0.3, 0.4) is 0 Å². The van der Waals surface area contributed by atoms with Crippen molar-refractivity contribution in [1.29, 1.82) is 0 Å². The molecular weight excluding hydrogens is 238 g/mol. The van der Waals surface area contributed by atoms with Crippen LogP contribution in [0.2, 0.25) is 0 Å². The predicted octanol–water partition coefficient (Wildman–Crippen LogP) is 1.08. The van der Waals surface area contributed by atoms with Crippen LogP contribution >= 0.6 is 0 Å². The van der Waals surface area contributed by atoms with E-state index in [0.29, 0.717) is 18.3 Å². The first-order valence-corrected chi connectivity index (χ1v) is 7.12. The Morgan fingerprint density at radius 1 is 1.47 bits per heavy atom. The third-order valence-corrected chi connectivity index (χ3v) is 5.01. The monoisotopic (exact) mass is 255 g/mol. The van der Waals surface area contributed by atoms with Crippen LogP contribution in [0.25, 0.3) is 0 Å². The Morgan fingerprint density at radius 3 is 2.65 bits per heavy atom. The second-order valence-corrected chi connectivity index (χ2v) is 6.55. The molecule has 1 fully saturated rings. The summed E-state index contributed by atoms with van der Waals surface area (Å²) in [5.74, 6) is 0.835. The van der Waals surface area contributed by atoms with Crippen molar-refractivity contribution in [2.75, 3.05) is 19.3 Å². The molecule has 2 rings (SSSR count). The maximum atomic E-state index is 12.2. The quantitative estimate of drug-likeness (QED) is 0.873. The fourth-order valence-corrected chi connectivity index (χ4v) is 3.05. The zero-order valence-corrected chi connectivity index (χ0v) is 10.7. The van der Waals surface area contributed by atoms with Crippen molar-refractivity contribution in [3.8, 4) is 0 Å². The molecule has 1 aliphatic rings. The minimum atomic E-state index is -3.41. The van der Waals surface area contributed by atoms with Gasteiger partial charge in [-0.15, -0.1) is 0 Å². The minimum absolute atomic E-state index is 0.202. The van der Waals surface area contributed by atoms with Crippen molar-refractivity contribution in [2.45, 2.75) is 24.2 Å². The minimum Gasteiger partial charge on any atom is -0.384 e. The Hall–Kier alpha value is -1.14. The summed E-state index contributed by atoms with van der Waals surface area (Å²) in [6.45, 7) is 0.590. The van der Waals surface area contributed by atoms with E-state index in [9.17, 15) is 8.42 Å². The average molecular weight is 255 g/mol. The maximum Gasteiger partial charge on any atom is 0.244 e. The van der Waals surface area contributed by atoms with Crippen LogP contribution in [0.4, 0.5) is 5.82 Å². The molecule has 0 unspecified atom stereocenters. The van der Waals surface area contributed by atoms with Crippen molar-refractivity contribution in [1.82, 2.24) is 9.29 Å². The van der Waals surface area contributed by atoms with Gasteiger partial charge in [0.05, 0.1) is 0 Å². The van der Waals surface area contributed by atoms with Gasteiger partial charge < -0.3 is 5.73 Å². The molecule has 1 aromatic heterocycles. The van der Waals surface area contributed by atoms with Crippen LogP contribution in [0, 0.1) is 5.92 Å². The topological polar surface area (TPSA) is 76.3 Å². The van der Waals surface area contributed by atoms with E-state index in [2.05, 4.69) is 4.98 Å². The van der Waals surface area contributed by atoms with Gasteiger partial charge in [-0.2, -0.15) is 0 Å². The van der Waals surface area contributed by atoms with E-state index < -0.39 is 10.0 Å². The van der Waals surface area contributed by atoms with Gasteiger partial charge in [0.2, 0.25) is 10.0 Å². The number of aromatic nitrogens is 1. The van der Waals surface area contributed by atoms with Gasteiger partial charge in [0.25, 0.3) is 0 Å². The van der Waals surface area contributed by atoms with Gasteiger partial charge >= 0.3 is 0 Å². The van der Waals surface area contributed by atoms with Crippen molar-refractivity contribution in [2.24, 2.45) is 5.92 Å². The van der Waals surface area contributed by atoms with Crippen molar-refractivity contribution < 1.29 is 8.42 Å². The summed E-state index contributed by atoms with van der Waals surface area (Å²) in [4.78, 5) is 4.02. The molecule has 0 radical (unpaired) electrons. The van der Waals surface area contributed by atoms with Crippen LogP contribution in [0.5, 0.6) is 0 Å². The molecule has 0 spiro atoms. The zero-order chi connectivity index (χ0) is 12.5. The van der Waals surface area contributed by atoms with Gasteiger partial charge in [0.1, 0.15) is 10.7 Å². The van der Waals surface area contributed by atoms with E-state index >= 15 is 0 Å². The van der Waals surface area contributed by atoms with E-state index in [0.717, 1.165) is 12.8 Å². The summed E-state index contributed by atoms with van der Waals surface area (Å²) in [6.07, 6.45) is 4.77. The standard InChI is InChI=1S/C11H17N3O2S/c1-14(8-9-3-2-4-9)17(15,16)10-5-6-11(12)13-7-10/h5-7,9H,2-4,8H2,1H3,(H2,12,13). The summed E-state index contributed by atoms with van der Waals surface area (Å²) in [6, 6.07) is 3.00. The summed E-state index contributed by atoms with van der Waals surface area (Å²) >= 11 is 0. The van der Waals surface area contributed by atoms with Gasteiger partial charge in [-0.05, 0) is 30.9 Å². The second-order valence-electron chi connectivity index (χ2n) is 4.50. The molecule has 2 N–H and O–H groups in total. The third kappa shape index (κ3) is 2.58. The molecule has 1 heterocycles. The number of rotatable bonds is 4. The van der Waals surface area contributed by atoms with Crippen LogP contribution in [-0.2, 0) is 10.0 Å². The first-order valence-electron chi connectivity index (χ1n) is 5.68. The molecule has 0 saturated heterocycles. The molecule has 1 aromatic rings. The number of hydrogen-bond acceptors (Lipinski definition) is 4. The van der Waals surface area contributed by atoms with Crippen molar-refractivity contribution in [3.05, 3.63) is 18.3 Å².